The van der Waals surface area contributed by atoms with Crippen molar-refractivity contribution in [2.45, 2.75) is 13.3 Å². The van der Waals surface area contributed by atoms with Gasteiger partial charge in [0.15, 0.2) is 0 Å². The first-order valence-corrected chi connectivity index (χ1v) is 11.0. The monoisotopic (exact) mass is 488 g/mol. The molecule has 4 rings (SSSR count). The number of benzene rings is 2. The van der Waals surface area contributed by atoms with Gasteiger partial charge in [0, 0.05) is 55.0 Å². The minimum absolute atomic E-state index is 0.0512. The van der Waals surface area contributed by atoms with Gasteiger partial charge in [0.25, 0.3) is 0 Å². The van der Waals surface area contributed by atoms with Crippen molar-refractivity contribution >= 4 is 34.4 Å². The SMILES string of the molecule is Cc1cc(N2CCN(C)CC2)nc2ccc(NC(=O)/C=C/c3ccc(OC(F)(F)F)cc3F)cc12. The molecule has 0 radical (unpaired) electrons. The lowest BCUT2D eigenvalue weighted by molar-refractivity contribution is -0.274. The third kappa shape index (κ3) is 6.27. The summed E-state index contributed by atoms with van der Waals surface area (Å²) in [6.45, 7) is 5.77. The molecule has 1 aliphatic heterocycles. The molecule has 6 nitrogen and oxygen atoms in total. The molecule has 0 bridgehead atoms. The van der Waals surface area contributed by atoms with Gasteiger partial charge in [0.2, 0.25) is 5.91 Å². The Morgan fingerprint density at radius 2 is 1.83 bits per heavy atom. The first-order valence-electron chi connectivity index (χ1n) is 11.0. The predicted octanol–water partition coefficient (Wildman–Crippen LogP) is 4.98. The second kappa shape index (κ2) is 9.91. The normalized spacial score (nSPS) is 15.1. The molecule has 0 atom stereocenters. The first-order chi connectivity index (χ1) is 16.6. The van der Waals surface area contributed by atoms with Crippen molar-refractivity contribution in [2.24, 2.45) is 0 Å². The zero-order valence-corrected chi connectivity index (χ0v) is 19.2. The largest absolute Gasteiger partial charge is 0.573 e. The topological polar surface area (TPSA) is 57.7 Å². The maximum Gasteiger partial charge on any atom is 0.573 e. The number of halogens is 4. The molecule has 1 fully saturated rings. The van der Waals surface area contributed by atoms with E-state index in [9.17, 15) is 22.4 Å². The number of carbonyl (C=O) groups is 1. The molecule has 0 unspecified atom stereocenters. The lowest BCUT2D eigenvalue weighted by atomic mass is 10.1. The van der Waals surface area contributed by atoms with Gasteiger partial charge in [0.05, 0.1) is 5.52 Å². The second-order valence-corrected chi connectivity index (χ2v) is 8.37. The van der Waals surface area contributed by atoms with Crippen molar-refractivity contribution in [2.75, 3.05) is 43.4 Å². The highest BCUT2D eigenvalue weighted by Gasteiger charge is 2.31. The number of rotatable bonds is 5. The van der Waals surface area contributed by atoms with Crippen LogP contribution in [0.2, 0.25) is 0 Å². The summed E-state index contributed by atoms with van der Waals surface area (Å²) in [7, 11) is 2.10. The molecule has 2 heterocycles. The van der Waals surface area contributed by atoms with E-state index in [2.05, 4.69) is 26.9 Å². The fraction of sp³-hybridized carbons (Fsp3) is 0.280. The summed E-state index contributed by atoms with van der Waals surface area (Å²) >= 11 is 0. The van der Waals surface area contributed by atoms with Crippen LogP contribution in [0.5, 0.6) is 5.75 Å². The summed E-state index contributed by atoms with van der Waals surface area (Å²) < 4.78 is 54.5. The van der Waals surface area contributed by atoms with Gasteiger partial charge in [-0.2, -0.15) is 0 Å². The van der Waals surface area contributed by atoms with Gasteiger partial charge >= 0.3 is 6.36 Å². The molecule has 0 saturated carbocycles. The van der Waals surface area contributed by atoms with Gasteiger partial charge in [-0.3, -0.25) is 4.79 Å². The maximum absolute atomic E-state index is 14.1. The van der Waals surface area contributed by atoms with E-state index in [1.807, 2.05) is 25.1 Å². The van der Waals surface area contributed by atoms with Crippen molar-refractivity contribution in [3.63, 3.8) is 0 Å². The Labute approximate surface area is 199 Å². The number of pyridine rings is 1. The zero-order chi connectivity index (χ0) is 25.2. The quantitative estimate of drug-likeness (QED) is 0.405. The Kier molecular flexibility index (Phi) is 6.93. The van der Waals surface area contributed by atoms with Crippen molar-refractivity contribution < 1.29 is 27.1 Å². The molecule has 35 heavy (non-hydrogen) atoms. The van der Waals surface area contributed by atoms with Crippen LogP contribution in [0.1, 0.15) is 11.1 Å². The van der Waals surface area contributed by atoms with E-state index in [1.165, 1.54) is 6.08 Å². The fourth-order valence-electron chi connectivity index (χ4n) is 3.84. The number of hydrogen-bond acceptors (Lipinski definition) is 5. The van der Waals surface area contributed by atoms with Crippen LogP contribution in [0, 0.1) is 12.7 Å². The lowest BCUT2D eigenvalue weighted by Crippen LogP contribution is -2.44. The highest BCUT2D eigenvalue weighted by Crippen LogP contribution is 2.27. The molecule has 1 amide bonds. The average Bonchev–Trinajstić information content (AvgIpc) is 2.78. The Morgan fingerprint density at radius 3 is 2.51 bits per heavy atom. The number of fused-ring (bicyclic) bond motifs is 1. The van der Waals surface area contributed by atoms with E-state index in [1.54, 1.807) is 6.07 Å². The van der Waals surface area contributed by atoms with E-state index in [0.29, 0.717) is 11.8 Å². The number of aryl methyl sites for hydroxylation is 1. The molecule has 1 aromatic heterocycles. The van der Waals surface area contributed by atoms with Gasteiger partial charge in [-0.15, -0.1) is 13.2 Å². The zero-order valence-electron chi connectivity index (χ0n) is 19.2. The van der Waals surface area contributed by atoms with Crippen LogP contribution < -0.4 is 15.0 Å². The predicted molar refractivity (Wildman–Crippen MR) is 127 cm³/mol. The Hall–Kier alpha value is -3.66. The molecule has 2 aromatic carbocycles. The van der Waals surface area contributed by atoms with Crippen molar-refractivity contribution in [1.82, 2.24) is 9.88 Å². The number of carbonyl (C=O) groups excluding carboxylic acids is 1. The van der Waals surface area contributed by atoms with Crippen LogP contribution in [0.4, 0.5) is 29.1 Å². The van der Waals surface area contributed by atoms with Crippen LogP contribution >= 0.6 is 0 Å². The number of piperazine rings is 1. The summed E-state index contributed by atoms with van der Waals surface area (Å²) in [4.78, 5) is 21.7. The van der Waals surface area contributed by atoms with Crippen LogP contribution in [0.25, 0.3) is 17.0 Å². The van der Waals surface area contributed by atoms with Gasteiger partial charge < -0.3 is 19.9 Å². The standard InChI is InChI=1S/C25H24F4N4O2/c1-16-13-23(33-11-9-32(2)10-12-33)31-22-7-5-18(14-20(16)22)30-24(34)8-4-17-3-6-19(15-21(17)26)35-25(27,28)29/h3-8,13-15H,9-12H2,1-2H3,(H,30,34)/b8-4+. The number of alkyl halides is 3. The molecule has 1 saturated heterocycles. The number of hydrogen-bond donors (Lipinski definition) is 1. The molecule has 10 heteroatoms. The number of ether oxygens (including phenoxy) is 1. The minimum atomic E-state index is -4.91. The third-order valence-corrected chi connectivity index (χ3v) is 5.72. The van der Waals surface area contributed by atoms with E-state index in [0.717, 1.165) is 66.7 Å². The smallest absolute Gasteiger partial charge is 0.406 e. The number of anilines is 2. The summed E-state index contributed by atoms with van der Waals surface area (Å²) in [5.41, 5.74) is 2.33. The van der Waals surface area contributed by atoms with Crippen LogP contribution in [0.15, 0.2) is 48.5 Å². The number of aromatic nitrogens is 1. The van der Waals surface area contributed by atoms with Gasteiger partial charge in [0.1, 0.15) is 17.4 Å². The third-order valence-electron chi connectivity index (χ3n) is 5.72. The van der Waals surface area contributed by atoms with Crippen LogP contribution in [-0.2, 0) is 4.79 Å². The number of amides is 1. The number of likely N-dealkylation sites (N-methyl/N-ethyl adjacent to an activating group) is 1. The molecule has 1 aliphatic rings. The average molecular weight is 488 g/mol. The van der Waals surface area contributed by atoms with Crippen molar-refractivity contribution in [3.8, 4) is 5.75 Å². The summed E-state index contributed by atoms with van der Waals surface area (Å²) in [6.07, 6.45) is -2.63. The highest BCUT2D eigenvalue weighted by atomic mass is 19.4. The molecule has 1 N–H and O–H groups in total. The van der Waals surface area contributed by atoms with Gasteiger partial charge in [-0.05, 0) is 62.0 Å². The van der Waals surface area contributed by atoms with E-state index in [-0.39, 0.29) is 5.56 Å². The molecular weight excluding hydrogens is 464 g/mol. The summed E-state index contributed by atoms with van der Waals surface area (Å²) in [6, 6.07) is 10.1. The second-order valence-electron chi connectivity index (χ2n) is 8.37. The van der Waals surface area contributed by atoms with Crippen molar-refractivity contribution in [1.29, 1.82) is 0 Å². The number of nitrogens with zero attached hydrogens (tertiary/aromatic N) is 3. The molecule has 3 aromatic rings. The van der Waals surface area contributed by atoms with E-state index >= 15 is 0 Å². The summed E-state index contributed by atoms with van der Waals surface area (Å²) in [5, 5.41) is 3.61. The fourth-order valence-corrected chi connectivity index (χ4v) is 3.84. The van der Waals surface area contributed by atoms with E-state index < -0.39 is 23.8 Å². The lowest BCUT2D eigenvalue weighted by Gasteiger charge is -2.33. The van der Waals surface area contributed by atoms with Crippen LogP contribution in [-0.4, -0.2) is 55.4 Å². The molecular formula is C25H24F4N4O2. The van der Waals surface area contributed by atoms with Crippen LogP contribution in [0.3, 0.4) is 0 Å². The maximum atomic E-state index is 14.1. The first kappa shape index (κ1) is 24.5. The van der Waals surface area contributed by atoms with Crippen molar-refractivity contribution in [3.05, 3.63) is 65.5 Å². The van der Waals surface area contributed by atoms with E-state index in [4.69, 9.17) is 4.98 Å². The minimum Gasteiger partial charge on any atom is -0.406 e. The molecule has 184 valence electrons. The Morgan fingerprint density at radius 1 is 1.09 bits per heavy atom. The Balaban J connectivity index is 1.44. The number of nitrogens with one attached hydrogen (secondary N) is 1. The summed E-state index contributed by atoms with van der Waals surface area (Å²) in [5.74, 6) is -1.21. The Bertz CT molecular complexity index is 1270. The van der Waals surface area contributed by atoms with Gasteiger partial charge in [-0.1, -0.05) is 0 Å². The molecule has 0 aliphatic carbocycles. The molecule has 0 spiro atoms. The highest BCUT2D eigenvalue weighted by molar-refractivity contribution is 6.03. The van der Waals surface area contributed by atoms with Gasteiger partial charge in [-0.25, -0.2) is 9.37 Å².